The molecule has 2 amide bonds. The average Bonchev–Trinajstić information content (AvgIpc) is 2.84. The van der Waals surface area contributed by atoms with Gasteiger partial charge in [-0.1, -0.05) is 32.6 Å². The quantitative estimate of drug-likeness (QED) is 0.556. The van der Waals surface area contributed by atoms with Crippen LogP contribution < -0.4 is 5.32 Å². The van der Waals surface area contributed by atoms with Gasteiger partial charge in [-0.3, -0.25) is 14.0 Å². The predicted octanol–water partition coefficient (Wildman–Crippen LogP) is 2.98. The second kappa shape index (κ2) is 11.4. The van der Waals surface area contributed by atoms with Crippen LogP contribution in [0.4, 0.5) is 4.39 Å². The molecule has 0 radical (unpaired) electrons. The number of nitrogens with one attached hydrogen (secondary N) is 1. The van der Waals surface area contributed by atoms with E-state index < -0.39 is 6.04 Å². The minimum Gasteiger partial charge on any atom is -0.357 e. The van der Waals surface area contributed by atoms with Crippen LogP contribution in [0.1, 0.15) is 40.5 Å². The number of hydrogen-bond donors (Lipinski definition) is 1. The van der Waals surface area contributed by atoms with Gasteiger partial charge in [-0.15, -0.1) is 0 Å². The first-order chi connectivity index (χ1) is 12.3. The van der Waals surface area contributed by atoms with Gasteiger partial charge in [-0.25, -0.2) is 0 Å². The number of alkyl halides is 1. The van der Waals surface area contributed by atoms with E-state index in [1.54, 1.807) is 4.90 Å². The zero-order valence-electron chi connectivity index (χ0n) is 16.6. The molecular weight excluding hydrogens is 335 g/mol. The van der Waals surface area contributed by atoms with Gasteiger partial charge >= 0.3 is 0 Å². The number of carbonyl (C=O) groups excluding carboxylic acids is 3. The Morgan fingerprint density at radius 3 is 2.38 bits per heavy atom. The molecule has 2 unspecified atom stereocenters. The van der Waals surface area contributed by atoms with Crippen LogP contribution in [-0.4, -0.2) is 49.3 Å². The lowest BCUT2D eigenvalue weighted by molar-refractivity contribution is -0.137. The molecule has 0 aromatic heterocycles. The van der Waals surface area contributed by atoms with Gasteiger partial charge in [0.25, 0.3) is 5.91 Å². The normalized spacial score (nSPS) is 20.2. The third-order valence-electron chi connectivity index (χ3n) is 4.37. The lowest BCUT2D eigenvalue weighted by Gasteiger charge is -2.30. The van der Waals surface area contributed by atoms with Crippen molar-refractivity contribution in [3.8, 4) is 0 Å². The summed E-state index contributed by atoms with van der Waals surface area (Å²) in [6, 6.07) is -0.927. The molecule has 5 nitrogen and oxygen atoms in total. The number of likely N-dealkylation sites (tertiary alicyclic amines) is 1. The van der Waals surface area contributed by atoms with Gasteiger partial charge < -0.3 is 15.0 Å². The molecule has 1 rings (SSSR count). The fourth-order valence-corrected chi connectivity index (χ4v) is 3.23. The summed E-state index contributed by atoms with van der Waals surface area (Å²) in [7, 11) is 2.03. The van der Waals surface area contributed by atoms with Crippen molar-refractivity contribution in [2.75, 3.05) is 14.2 Å². The average molecular weight is 366 g/mol. The smallest absolute Gasteiger partial charge is 0.254 e. The molecule has 0 saturated carbocycles. The summed E-state index contributed by atoms with van der Waals surface area (Å²) in [4.78, 5) is 37.3. The summed E-state index contributed by atoms with van der Waals surface area (Å²) in [6.45, 7) is 11.9. The molecule has 26 heavy (non-hydrogen) atoms. The number of likely N-dealkylation sites (N-methyl/N-ethyl adjacent to an activating group) is 1. The number of aldehydes is 1. The maximum Gasteiger partial charge on any atom is 0.254 e. The van der Waals surface area contributed by atoms with Gasteiger partial charge in [-0.2, -0.15) is 0 Å². The Balaban J connectivity index is 0.00000301. The van der Waals surface area contributed by atoms with Crippen molar-refractivity contribution >= 4 is 18.1 Å². The Labute approximate surface area is 156 Å². The van der Waals surface area contributed by atoms with E-state index in [1.807, 2.05) is 26.0 Å². The summed E-state index contributed by atoms with van der Waals surface area (Å²) in [5.41, 5.74) is 2.37. The highest BCUT2D eigenvalue weighted by molar-refractivity contribution is 6.04. The molecule has 146 valence electrons. The largest absolute Gasteiger partial charge is 0.357 e. The molecule has 0 spiro atoms. The van der Waals surface area contributed by atoms with Gasteiger partial charge in [0.15, 0.2) is 0 Å². The van der Waals surface area contributed by atoms with E-state index in [0.29, 0.717) is 19.2 Å². The van der Waals surface area contributed by atoms with Gasteiger partial charge in [0.05, 0.1) is 13.2 Å². The van der Waals surface area contributed by atoms with Crippen molar-refractivity contribution in [2.45, 2.75) is 52.6 Å². The zero-order valence-corrected chi connectivity index (χ0v) is 16.6. The summed E-state index contributed by atoms with van der Waals surface area (Å²) in [5.74, 6) is -0.264. The van der Waals surface area contributed by atoms with Crippen LogP contribution in [0.25, 0.3) is 0 Å². The SMILES string of the molecule is C=C1C(=O)N(C(CCC=O)C(=O)NC)C(C)/C1=C(/C=C\C)C(C)C.CF. The van der Waals surface area contributed by atoms with Crippen LogP contribution in [0.2, 0.25) is 0 Å². The molecule has 0 aliphatic carbocycles. The van der Waals surface area contributed by atoms with Crippen LogP contribution in [0, 0.1) is 5.92 Å². The molecular formula is C20H31FN2O3. The molecule has 1 aliphatic heterocycles. The minimum absolute atomic E-state index is 0.228. The Hall–Kier alpha value is -2.24. The summed E-state index contributed by atoms with van der Waals surface area (Å²) in [5, 5.41) is 2.59. The van der Waals surface area contributed by atoms with Gasteiger partial charge in [0, 0.05) is 19.0 Å². The molecule has 2 atom stereocenters. The molecule has 0 bridgehead atoms. The third-order valence-corrected chi connectivity index (χ3v) is 4.37. The van der Waals surface area contributed by atoms with Crippen molar-refractivity contribution in [1.82, 2.24) is 10.2 Å². The van der Waals surface area contributed by atoms with Gasteiger partial charge in [0.2, 0.25) is 5.91 Å². The van der Waals surface area contributed by atoms with E-state index in [9.17, 15) is 18.8 Å². The highest BCUT2D eigenvalue weighted by Gasteiger charge is 2.43. The van der Waals surface area contributed by atoms with E-state index in [0.717, 1.165) is 17.4 Å². The fraction of sp³-hybridized carbons (Fsp3) is 0.550. The highest BCUT2D eigenvalue weighted by atomic mass is 19.1. The topological polar surface area (TPSA) is 66.5 Å². The molecule has 0 aromatic rings. The third kappa shape index (κ3) is 5.13. The number of halogens is 1. The van der Waals surface area contributed by atoms with Crippen LogP contribution >= 0.6 is 0 Å². The van der Waals surface area contributed by atoms with Crippen molar-refractivity contribution in [3.63, 3.8) is 0 Å². The summed E-state index contributed by atoms with van der Waals surface area (Å²) >= 11 is 0. The number of amides is 2. The van der Waals surface area contributed by atoms with Crippen LogP contribution in [-0.2, 0) is 14.4 Å². The first kappa shape index (κ1) is 23.8. The molecule has 1 aliphatic rings. The maximum absolute atomic E-state index is 12.8. The second-order valence-corrected chi connectivity index (χ2v) is 6.26. The number of allylic oxidation sites excluding steroid dienone is 3. The summed E-state index contributed by atoms with van der Waals surface area (Å²) < 4.78 is 9.50. The van der Waals surface area contributed by atoms with Crippen LogP contribution in [0.5, 0.6) is 0 Å². The monoisotopic (exact) mass is 366 g/mol. The van der Waals surface area contributed by atoms with Crippen molar-refractivity contribution in [1.29, 1.82) is 0 Å². The van der Waals surface area contributed by atoms with E-state index in [-0.39, 0.29) is 30.2 Å². The van der Waals surface area contributed by atoms with Crippen LogP contribution in [0.3, 0.4) is 0 Å². The van der Waals surface area contributed by atoms with Crippen molar-refractivity contribution < 1.29 is 18.8 Å². The Bertz CT molecular complexity index is 594. The van der Waals surface area contributed by atoms with Gasteiger partial charge in [0.1, 0.15) is 12.3 Å². The zero-order chi connectivity index (χ0) is 20.4. The molecule has 1 N–H and O–H groups in total. The molecule has 1 heterocycles. The van der Waals surface area contributed by atoms with Gasteiger partial charge in [-0.05, 0) is 37.3 Å². The Kier molecular flexibility index (Phi) is 10.4. The van der Waals surface area contributed by atoms with Crippen LogP contribution in [0.15, 0.2) is 35.5 Å². The van der Waals surface area contributed by atoms with Crippen molar-refractivity contribution in [2.24, 2.45) is 5.92 Å². The van der Waals surface area contributed by atoms with E-state index in [2.05, 4.69) is 25.7 Å². The maximum atomic E-state index is 12.8. The van der Waals surface area contributed by atoms with E-state index in [1.165, 1.54) is 7.05 Å². The lowest BCUT2D eigenvalue weighted by Crippen LogP contribution is -2.49. The Morgan fingerprint density at radius 2 is 1.96 bits per heavy atom. The number of carbonyl (C=O) groups is 3. The first-order valence-electron chi connectivity index (χ1n) is 8.73. The molecule has 1 saturated heterocycles. The predicted molar refractivity (Wildman–Crippen MR) is 102 cm³/mol. The molecule has 1 fully saturated rings. The standard InChI is InChI=1S/C19H28N2O3.CH3F/c1-7-9-15(12(2)3)17-13(4)19(24)21(14(17)5)16(10-8-11-22)18(23)20-6;1-2/h7,9,11-12,14,16H,4,8,10H2,1-3,5-6H3,(H,20,23);1H3/b9-7-,17-15-;. The number of rotatable bonds is 7. The number of nitrogens with zero attached hydrogens (tertiary/aromatic N) is 1. The highest BCUT2D eigenvalue weighted by Crippen LogP contribution is 2.36. The fourth-order valence-electron chi connectivity index (χ4n) is 3.23. The van der Waals surface area contributed by atoms with E-state index >= 15 is 0 Å². The van der Waals surface area contributed by atoms with E-state index in [4.69, 9.17) is 0 Å². The second-order valence-electron chi connectivity index (χ2n) is 6.26. The molecule has 6 heteroatoms. The molecule has 0 aromatic carbocycles. The number of hydrogen-bond acceptors (Lipinski definition) is 3. The minimum atomic E-state index is -0.670. The Morgan fingerprint density at radius 1 is 1.38 bits per heavy atom. The summed E-state index contributed by atoms with van der Waals surface area (Å²) in [6.07, 6.45) is 5.25. The first-order valence-corrected chi connectivity index (χ1v) is 8.73. The van der Waals surface area contributed by atoms with Crippen molar-refractivity contribution in [3.05, 3.63) is 35.5 Å². The lowest BCUT2D eigenvalue weighted by atomic mass is 9.91.